The number of methoxy groups -OCH3 is 1. The highest BCUT2D eigenvalue weighted by Crippen LogP contribution is 2.26. The fourth-order valence-corrected chi connectivity index (χ4v) is 3.25. The zero-order valence-corrected chi connectivity index (χ0v) is 18.7. The van der Waals surface area contributed by atoms with E-state index in [1.807, 2.05) is 6.92 Å². The van der Waals surface area contributed by atoms with Crippen molar-refractivity contribution in [1.29, 1.82) is 0 Å². The van der Waals surface area contributed by atoms with Crippen LogP contribution in [-0.4, -0.2) is 54.8 Å². The van der Waals surface area contributed by atoms with Gasteiger partial charge in [0.15, 0.2) is 5.76 Å². The molecule has 10 heteroatoms. The molecule has 2 rings (SSSR count). The molecule has 33 heavy (non-hydrogen) atoms. The highest BCUT2D eigenvalue weighted by molar-refractivity contribution is 5.97. The van der Waals surface area contributed by atoms with Crippen LogP contribution in [0.1, 0.15) is 53.5 Å². The van der Waals surface area contributed by atoms with Gasteiger partial charge < -0.3 is 19.8 Å². The van der Waals surface area contributed by atoms with E-state index in [2.05, 4.69) is 10.6 Å². The summed E-state index contributed by atoms with van der Waals surface area (Å²) in [6.07, 6.45) is 3.41. The number of carbonyl (C=O) groups is 4. The van der Waals surface area contributed by atoms with Gasteiger partial charge in [-0.25, -0.2) is 9.86 Å². The van der Waals surface area contributed by atoms with Crippen LogP contribution in [0.5, 0.6) is 0 Å². The summed E-state index contributed by atoms with van der Waals surface area (Å²) in [5, 5.41) is 15.0. The van der Waals surface area contributed by atoms with E-state index in [-0.39, 0.29) is 31.3 Å². The Kier molecular flexibility index (Phi) is 10.1. The van der Waals surface area contributed by atoms with E-state index in [1.165, 1.54) is 13.2 Å². The summed E-state index contributed by atoms with van der Waals surface area (Å²) < 4.78 is 10.4. The monoisotopic (exact) mass is 459 g/mol. The topological polar surface area (TPSA) is 138 Å². The van der Waals surface area contributed by atoms with Gasteiger partial charge in [-0.3, -0.25) is 19.6 Å². The highest BCUT2D eigenvalue weighted by atomic mass is 16.5. The number of ether oxygens (including phenoxy) is 1. The number of hydrogen-bond donors (Lipinski definition) is 3. The summed E-state index contributed by atoms with van der Waals surface area (Å²) in [6.45, 7) is 1.74. The van der Waals surface area contributed by atoms with Crippen molar-refractivity contribution in [2.75, 3.05) is 20.3 Å². The highest BCUT2D eigenvalue weighted by Gasteiger charge is 2.21. The Morgan fingerprint density at radius 2 is 1.91 bits per heavy atom. The van der Waals surface area contributed by atoms with Crippen LogP contribution >= 0.6 is 0 Å². The molecule has 0 spiro atoms. The van der Waals surface area contributed by atoms with Crippen molar-refractivity contribution in [3.63, 3.8) is 0 Å². The molecule has 0 aliphatic carbocycles. The smallest absolute Gasteiger partial charge is 0.338 e. The van der Waals surface area contributed by atoms with Crippen molar-refractivity contribution in [1.82, 2.24) is 15.7 Å². The summed E-state index contributed by atoms with van der Waals surface area (Å²) in [5.74, 6) is -1.76. The normalized spacial score (nSPS) is 11.4. The van der Waals surface area contributed by atoms with Crippen molar-refractivity contribution >= 4 is 24.2 Å². The number of hydrogen-bond acceptors (Lipinski definition) is 7. The number of nitrogens with zero attached hydrogens (tertiary/aromatic N) is 1. The van der Waals surface area contributed by atoms with Crippen molar-refractivity contribution in [2.45, 2.75) is 32.6 Å². The number of furan rings is 1. The molecule has 1 atom stereocenters. The molecule has 3 amide bonds. The third-order valence-electron chi connectivity index (χ3n) is 5.00. The molecular weight excluding hydrogens is 430 g/mol. The van der Waals surface area contributed by atoms with Gasteiger partial charge in [-0.2, -0.15) is 0 Å². The van der Waals surface area contributed by atoms with Gasteiger partial charge in [0.25, 0.3) is 5.91 Å². The van der Waals surface area contributed by atoms with Gasteiger partial charge in [0.1, 0.15) is 5.76 Å². The Labute approximate surface area is 191 Å². The predicted molar refractivity (Wildman–Crippen MR) is 118 cm³/mol. The van der Waals surface area contributed by atoms with E-state index in [9.17, 15) is 24.4 Å². The Balaban J connectivity index is 1.96. The second kappa shape index (κ2) is 13.0. The number of unbranched alkanes of at least 4 members (excludes halogenated alkanes) is 2. The number of rotatable bonds is 13. The fraction of sp³-hybridized carbons (Fsp3) is 0.391. The summed E-state index contributed by atoms with van der Waals surface area (Å²) in [6, 6.07) is 9.71. The van der Waals surface area contributed by atoms with E-state index in [0.29, 0.717) is 28.4 Å². The minimum Gasteiger partial charge on any atom is -0.465 e. The molecule has 2 aromatic rings. The van der Waals surface area contributed by atoms with Gasteiger partial charge in [-0.15, -0.1) is 0 Å². The lowest BCUT2D eigenvalue weighted by Crippen LogP contribution is -2.42. The summed E-state index contributed by atoms with van der Waals surface area (Å²) in [5.41, 5.74) is 0.784. The van der Waals surface area contributed by atoms with Gasteiger partial charge >= 0.3 is 5.97 Å². The molecule has 0 saturated carbocycles. The Morgan fingerprint density at radius 1 is 1.15 bits per heavy atom. The maximum atomic E-state index is 12.4. The number of nitrogens with one attached hydrogen (secondary N) is 2. The van der Waals surface area contributed by atoms with Crippen LogP contribution in [0, 0.1) is 5.92 Å². The second-order valence-electron chi connectivity index (χ2n) is 7.34. The number of esters is 1. The zero-order valence-electron chi connectivity index (χ0n) is 18.7. The maximum Gasteiger partial charge on any atom is 0.338 e. The first-order chi connectivity index (χ1) is 15.9. The molecule has 0 saturated heterocycles. The average molecular weight is 459 g/mol. The first kappa shape index (κ1) is 25.6. The average Bonchev–Trinajstić information content (AvgIpc) is 3.33. The maximum absolute atomic E-state index is 12.4. The van der Waals surface area contributed by atoms with Crippen LogP contribution in [0.3, 0.4) is 0 Å². The van der Waals surface area contributed by atoms with E-state index >= 15 is 0 Å². The van der Waals surface area contributed by atoms with Crippen LogP contribution in [0.2, 0.25) is 0 Å². The molecule has 0 bridgehead atoms. The number of carbonyl (C=O) groups excluding carboxylic acids is 4. The number of amides is 3. The lowest BCUT2D eigenvalue weighted by molar-refractivity contribution is -0.154. The molecule has 0 fully saturated rings. The van der Waals surface area contributed by atoms with E-state index in [4.69, 9.17) is 9.15 Å². The quantitative estimate of drug-likeness (QED) is 0.104. The Morgan fingerprint density at radius 3 is 2.61 bits per heavy atom. The van der Waals surface area contributed by atoms with Crippen LogP contribution in [0.4, 0.5) is 0 Å². The number of benzene rings is 1. The molecular formula is C23H29N3O7. The SMILES string of the molecule is CCCCCC(CN(O)C=O)C(=O)NCNC(=O)c1ccc(-c2ccccc2C(=O)OC)o1. The van der Waals surface area contributed by atoms with Gasteiger partial charge in [-0.05, 0) is 24.6 Å². The van der Waals surface area contributed by atoms with Gasteiger partial charge in [0.05, 0.1) is 31.8 Å². The lowest BCUT2D eigenvalue weighted by atomic mass is 10.0. The molecule has 1 heterocycles. The standard InChI is InChI=1S/C23H29N3O7/c1-3-4-5-8-16(13-26(31)15-27)21(28)24-14-25-22(29)20-12-11-19(33-20)17-9-6-7-10-18(17)23(30)32-2/h6-7,9-12,15-16,31H,3-5,8,13-14H2,1-2H3,(H,24,28)(H,25,29). The molecule has 3 N–H and O–H groups in total. The molecule has 178 valence electrons. The molecule has 1 aromatic heterocycles. The van der Waals surface area contributed by atoms with Crippen LogP contribution in [0.15, 0.2) is 40.8 Å². The van der Waals surface area contributed by atoms with E-state index < -0.39 is 17.8 Å². The minimum absolute atomic E-state index is 0.000835. The van der Waals surface area contributed by atoms with Crippen LogP contribution in [0.25, 0.3) is 11.3 Å². The van der Waals surface area contributed by atoms with Crippen LogP contribution < -0.4 is 10.6 Å². The second-order valence-corrected chi connectivity index (χ2v) is 7.34. The van der Waals surface area contributed by atoms with Crippen LogP contribution in [-0.2, 0) is 14.3 Å². The Bertz CT molecular complexity index is 957. The third-order valence-corrected chi connectivity index (χ3v) is 5.00. The summed E-state index contributed by atoms with van der Waals surface area (Å²) in [4.78, 5) is 47.5. The van der Waals surface area contributed by atoms with Gasteiger partial charge in [0, 0.05) is 5.56 Å². The molecule has 0 aliphatic rings. The molecule has 1 unspecified atom stereocenters. The lowest BCUT2D eigenvalue weighted by Gasteiger charge is -2.19. The van der Waals surface area contributed by atoms with Crippen molar-refractivity contribution in [3.8, 4) is 11.3 Å². The third kappa shape index (κ3) is 7.46. The van der Waals surface area contributed by atoms with Gasteiger partial charge in [0.2, 0.25) is 12.3 Å². The molecule has 10 nitrogen and oxygen atoms in total. The predicted octanol–water partition coefficient (Wildman–Crippen LogP) is 2.58. The van der Waals surface area contributed by atoms with Crippen molar-refractivity contribution < 1.29 is 33.5 Å². The zero-order chi connectivity index (χ0) is 24.2. The fourth-order valence-electron chi connectivity index (χ4n) is 3.25. The minimum atomic E-state index is -0.603. The molecule has 1 aromatic carbocycles. The largest absolute Gasteiger partial charge is 0.465 e. The summed E-state index contributed by atoms with van der Waals surface area (Å²) in [7, 11) is 1.28. The molecule has 0 radical (unpaired) electrons. The molecule has 0 aliphatic heterocycles. The van der Waals surface area contributed by atoms with E-state index in [1.54, 1.807) is 30.3 Å². The van der Waals surface area contributed by atoms with Gasteiger partial charge in [-0.1, -0.05) is 44.4 Å². The summed E-state index contributed by atoms with van der Waals surface area (Å²) >= 11 is 0. The number of hydroxylamine groups is 2. The van der Waals surface area contributed by atoms with Crippen molar-refractivity contribution in [2.24, 2.45) is 5.92 Å². The first-order valence-corrected chi connectivity index (χ1v) is 10.7. The Hall–Kier alpha value is -3.66. The first-order valence-electron chi connectivity index (χ1n) is 10.7. The van der Waals surface area contributed by atoms with Crippen molar-refractivity contribution in [3.05, 3.63) is 47.7 Å². The van der Waals surface area contributed by atoms with E-state index in [0.717, 1.165) is 19.3 Å².